The number of methoxy groups -OCH3 is 1. The first-order chi connectivity index (χ1) is 13.6. The fourth-order valence-corrected chi connectivity index (χ4v) is 2.52. The summed E-state index contributed by atoms with van der Waals surface area (Å²) >= 11 is 0. The fourth-order valence-electron chi connectivity index (χ4n) is 2.52. The first-order valence-electron chi connectivity index (χ1n) is 8.68. The van der Waals surface area contributed by atoms with Gasteiger partial charge in [-0.1, -0.05) is 0 Å². The topological polar surface area (TPSA) is 89.8 Å². The number of carbonyl (C=O) groups is 2. The molecule has 0 unspecified atom stereocenters. The van der Waals surface area contributed by atoms with Gasteiger partial charge in [-0.05, 0) is 61.5 Å². The zero-order valence-corrected chi connectivity index (χ0v) is 15.5. The summed E-state index contributed by atoms with van der Waals surface area (Å²) in [5.41, 5.74) is 1.62. The molecule has 1 aromatic heterocycles. The molecular formula is C21H20N2O5. The number of hydrogen-bond donors (Lipinski definition) is 2. The van der Waals surface area contributed by atoms with E-state index in [4.69, 9.17) is 13.9 Å². The summed E-state index contributed by atoms with van der Waals surface area (Å²) in [6.07, 6.45) is 1.43. The molecular weight excluding hydrogens is 360 g/mol. The van der Waals surface area contributed by atoms with Crippen molar-refractivity contribution >= 4 is 23.2 Å². The summed E-state index contributed by atoms with van der Waals surface area (Å²) in [7, 11) is 1.52. The highest BCUT2D eigenvalue weighted by Crippen LogP contribution is 2.28. The molecule has 0 aliphatic carbocycles. The highest BCUT2D eigenvalue weighted by atomic mass is 16.5. The molecule has 0 fully saturated rings. The number of benzene rings is 2. The number of ether oxygens (including phenoxy) is 2. The molecule has 0 aliphatic heterocycles. The summed E-state index contributed by atoms with van der Waals surface area (Å²) in [5, 5.41) is 5.52. The van der Waals surface area contributed by atoms with E-state index in [-0.39, 0.29) is 17.6 Å². The Morgan fingerprint density at radius 3 is 2.18 bits per heavy atom. The first-order valence-corrected chi connectivity index (χ1v) is 8.68. The van der Waals surface area contributed by atoms with E-state index in [2.05, 4.69) is 10.6 Å². The zero-order chi connectivity index (χ0) is 19.9. The molecule has 3 rings (SSSR count). The molecule has 0 aliphatic rings. The largest absolute Gasteiger partial charge is 0.493 e. The minimum absolute atomic E-state index is 0.224. The smallest absolute Gasteiger partial charge is 0.291 e. The molecule has 7 heteroatoms. The summed E-state index contributed by atoms with van der Waals surface area (Å²) in [6.45, 7) is 2.38. The average Bonchev–Trinajstić information content (AvgIpc) is 3.25. The van der Waals surface area contributed by atoms with Crippen molar-refractivity contribution in [3.8, 4) is 11.5 Å². The molecule has 1 heterocycles. The van der Waals surface area contributed by atoms with Crippen LogP contribution in [0.25, 0.3) is 0 Å². The van der Waals surface area contributed by atoms with Crippen LogP contribution in [0.5, 0.6) is 11.5 Å². The molecule has 28 heavy (non-hydrogen) atoms. The van der Waals surface area contributed by atoms with Crippen LogP contribution in [0.2, 0.25) is 0 Å². The van der Waals surface area contributed by atoms with Gasteiger partial charge in [-0.3, -0.25) is 9.59 Å². The van der Waals surface area contributed by atoms with Gasteiger partial charge in [0.15, 0.2) is 17.3 Å². The van der Waals surface area contributed by atoms with Crippen molar-refractivity contribution in [2.24, 2.45) is 0 Å². The highest BCUT2D eigenvalue weighted by Gasteiger charge is 2.12. The normalized spacial score (nSPS) is 10.2. The number of amides is 2. The third-order valence-corrected chi connectivity index (χ3v) is 3.87. The maximum absolute atomic E-state index is 12.5. The Bertz CT molecular complexity index is 949. The second-order valence-electron chi connectivity index (χ2n) is 5.76. The lowest BCUT2D eigenvalue weighted by Crippen LogP contribution is -2.13. The van der Waals surface area contributed by atoms with Crippen molar-refractivity contribution in [2.75, 3.05) is 24.4 Å². The number of rotatable bonds is 7. The molecule has 144 valence electrons. The van der Waals surface area contributed by atoms with E-state index in [0.717, 1.165) is 0 Å². The van der Waals surface area contributed by atoms with Gasteiger partial charge in [0.25, 0.3) is 11.8 Å². The fraction of sp³-hybridized carbons (Fsp3) is 0.143. The zero-order valence-electron chi connectivity index (χ0n) is 15.5. The number of nitrogens with one attached hydrogen (secondary N) is 2. The number of anilines is 2. The Morgan fingerprint density at radius 2 is 1.61 bits per heavy atom. The van der Waals surface area contributed by atoms with Crippen LogP contribution in [0.1, 0.15) is 27.8 Å². The van der Waals surface area contributed by atoms with Crippen LogP contribution in [0.3, 0.4) is 0 Å². The van der Waals surface area contributed by atoms with Crippen LogP contribution in [-0.4, -0.2) is 25.5 Å². The van der Waals surface area contributed by atoms with E-state index < -0.39 is 0 Å². The van der Waals surface area contributed by atoms with Gasteiger partial charge in [0.2, 0.25) is 0 Å². The van der Waals surface area contributed by atoms with E-state index in [1.165, 1.54) is 13.4 Å². The van der Waals surface area contributed by atoms with Gasteiger partial charge in [-0.2, -0.15) is 0 Å². The van der Waals surface area contributed by atoms with E-state index >= 15 is 0 Å². The molecule has 3 aromatic rings. The van der Waals surface area contributed by atoms with Crippen molar-refractivity contribution < 1.29 is 23.5 Å². The van der Waals surface area contributed by atoms with Crippen molar-refractivity contribution in [3.63, 3.8) is 0 Å². The Hall–Kier alpha value is -3.74. The Labute approximate surface area is 162 Å². The van der Waals surface area contributed by atoms with Gasteiger partial charge in [0.05, 0.1) is 20.0 Å². The molecule has 0 saturated heterocycles. The van der Waals surface area contributed by atoms with Crippen LogP contribution in [0.4, 0.5) is 11.4 Å². The van der Waals surface area contributed by atoms with Crippen LogP contribution >= 0.6 is 0 Å². The third kappa shape index (κ3) is 4.50. The van der Waals surface area contributed by atoms with E-state index in [1.54, 1.807) is 54.6 Å². The number of hydrogen-bond acceptors (Lipinski definition) is 5. The summed E-state index contributed by atoms with van der Waals surface area (Å²) in [6, 6.07) is 15.0. The van der Waals surface area contributed by atoms with Gasteiger partial charge < -0.3 is 24.5 Å². The Morgan fingerprint density at radius 1 is 0.929 bits per heavy atom. The second kappa shape index (κ2) is 8.77. The Kier molecular flexibility index (Phi) is 5.96. The molecule has 0 spiro atoms. The predicted octanol–water partition coefficient (Wildman–Crippen LogP) is 4.19. The minimum atomic E-state index is -0.344. The van der Waals surface area contributed by atoms with Crippen LogP contribution in [0, 0.1) is 0 Å². The van der Waals surface area contributed by atoms with E-state index in [0.29, 0.717) is 35.0 Å². The van der Waals surface area contributed by atoms with Crippen LogP contribution in [-0.2, 0) is 0 Å². The lowest BCUT2D eigenvalue weighted by Gasteiger charge is -2.11. The van der Waals surface area contributed by atoms with Crippen molar-refractivity contribution in [2.45, 2.75) is 6.92 Å². The first kappa shape index (κ1) is 19.0. The SMILES string of the molecule is CCOc1ccc(C(=O)Nc2ccc(NC(=O)c3ccco3)cc2)cc1OC. The molecule has 2 amide bonds. The van der Waals surface area contributed by atoms with Crippen LogP contribution in [0.15, 0.2) is 65.3 Å². The van der Waals surface area contributed by atoms with Gasteiger partial charge in [-0.25, -0.2) is 0 Å². The summed E-state index contributed by atoms with van der Waals surface area (Å²) in [5.74, 6) is 0.669. The molecule has 0 bridgehead atoms. The lowest BCUT2D eigenvalue weighted by molar-refractivity contribution is 0.0994. The molecule has 7 nitrogen and oxygen atoms in total. The monoisotopic (exact) mass is 380 g/mol. The van der Waals surface area contributed by atoms with Crippen molar-refractivity contribution in [1.29, 1.82) is 0 Å². The Balaban J connectivity index is 1.65. The van der Waals surface area contributed by atoms with Crippen LogP contribution < -0.4 is 20.1 Å². The van der Waals surface area contributed by atoms with Gasteiger partial charge in [0, 0.05) is 16.9 Å². The number of furan rings is 1. The molecule has 2 N–H and O–H groups in total. The second-order valence-corrected chi connectivity index (χ2v) is 5.76. The molecule has 0 saturated carbocycles. The maximum Gasteiger partial charge on any atom is 0.291 e. The third-order valence-electron chi connectivity index (χ3n) is 3.87. The molecule has 0 radical (unpaired) electrons. The van der Waals surface area contributed by atoms with Gasteiger partial charge in [0.1, 0.15) is 0 Å². The van der Waals surface area contributed by atoms with Gasteiger partial charge >= 0.3 is 0 Å². The molecule has 2 aromatic carbocycles. The van der Waals surface area contributed by atoms with E-state index in [1.807, 2.05) is 6.92 Å². The standard InChI is InChI=1S/C21H20N2O5/c1-3-27-17-11-6-14(13-19(17)26-2)20(24)22-15-7-9-16(10-8-15)23-21(25)18-5-4-12-28-18/h4-13H,3H2,1-2H3,(H,22,24)(H,23,25). The van der Waals surface area contributed by atoms with Crippen molar-refractivity contribution in [1.82, 2.24) is 0 Å². The quantitative estimate of drug-likeness (QED) is 0.641. The van der Waals surface area contributed by atoms with Gasteiger partial charge in [-0.15, -0.1) is 0 Å². The maximum atomic E-state index is 12.5. The average molecular weight is 380 g/mol. The van der Waals surface area contributed by atoms with Crippen molar-refractivity contribution in [3.05, 3.63) is 72.2 Å². The summed E-state index contributed by atoms with van der Waals surface area (Å²) < 4.78 is 15.8. The lowest BCUT2D eigenvalue weighted by atomic mass is 10.1. The summed E-state index contributed by atoms with van der Waals surface area (Å²) in [4.78, 5) is 24.4. The highest BCUT2D eigenvalue weighted by molar-refractivity contribution is 6.05. The number of carbonyl (C=O) groups excluding carboxylic acids is 2. The minimum Gasteiger partial charge on any atom is -0.493 e. The predicted molar refractivity (Wildman–Crippen MR) is 105 cm³/mol. The molecule has 0 atom stereocenters. The van der Waals surface area contributed by atoms with E-state index in [9.17, 15) is 9.59 Å².